The Hall–Kier alpha value is -2.27. The number of carbonyl (C=O) groups is 1. The van der Waals surface area contributed by atoms with Gasteiger partial charge in [-0.25, -0.2) is 4.79 Å². The Morgan fingerprint density at radius 3 is 2.59 bits per heavy atom. The molecule has 116 valence electrons. The van der Waals surface area contributed by atoms with Crippen LogP contribution in [0.15, 0.2) is 47.4 Å². The van der Waals surface area contributed by atoms with Crippen LogP contribution in [0.5, 0.6) is 0 Å². The van der Waals surface area contributed by atoms with E-state index in [-0.39, 0.29) is 11.6 Å². The number of carbonyl (C=O) groups excluding carboxylic acids is 1. The van der Waals surface area contributed by atoms with Gasteiger partial charge in [-0.2, -0.15) is 0 Å². The van der Waals surface area contributed by atoms with Crippen molar-refractivity contribution in [3.05, 3.63) is 63.5 Å². The number of nitrogens with one attached hydrogen (secondary N) is 2. The van der Waals surface area contributed by atoms with E-state index in [0.29, 0.717) is 23.8 Å². The van der Waals surface area contributed by atoms with Crippen LogP contribution in [0.25, 0.3) is 0 Å². The molecule has 0 atom stereocenters. The van der Waals surface area contributed by atoms with Gasteiger partial charge in [-0.15, -0.1) is 0 Å². The Kier molecular flexibility index (Phi) is 5.61. The number of aryl methyl sites for hydroxylation is 1. The molecular weight excluding hydrogens is 302 g/mol. The molecule has 0 bridgehead atoms. The maximum atomic E-state index is 11.9. The van der Waals surface area contributed by atoms with Gasteiger partial charge in [0.25, 0.3) is 5.56 Å². The number of hydrogen-bond donors (Lipinski definition) is 2. The number of anilines is 1. The largest absolute Gasteiger partial charge is 0.334 e. The summed E-state index contributed by atoms with van der Waals surface area (Å²) in [7, 11) is 0. The van der Waals surface area contributed by atoms with E-state index in [1.54, 1.807) is 29.0 Å². The lowest BCUT2D eigenvalue weighted by Crippen LogP contribution is -2.29. The minimum absolute atomic E-state index is 0.0750. The minimum atomic E-state index is -0.323. The Morgan fingerprint density at radius 1 is 1.18 bits per heavy atom. The molecule has 5 nitrogen and oxygen atoms in total. The van der Waals surface area contributed by atoms with Gasteiger partial charge < -0.3 is 15.2 Å². The number of rotatable bonds is 5. The molecule has 2 amide bonds. The molecule has 0 aliphatic heterocycles. The summed E-state index contributed by atoms with van der Waals surface area (Å²) in [5, 5.41) is 6.12. The van der Waals surface area contributed by atoms with Crippen LogP contribution in [0, 0.1) is 0 Å². The predicted octanol–water partition coefficient (Wildman–Crippen LogP) is 3.23. The van der Waals surface area contributed by atoms with Gasteiger partial charge in [0.1, 0.15) is 0 Å². The van der Waals surface area contributed by atoms with E-state index in [1.807, 2.05) is 19.1 Å². The van der Waals surface area contributed by atoms with Crippen LogP contribution in [0.2, 0.25) is 5.02 Å². The lowest BCUT2D eigenvalue weighted by atomic mass is 10.2. The maximum Gasteiger partial charge on any atom is 0.319 e. The first kappa shape index (κ1) is 16.1. The Morgan fingerprint density at radius 2 is 1.91 bits per heavy atom. The van der Waals surface area contributed by atoms with Crippen LogP contribution in [-0.2, 0) is 13.1 Å². The lowest BCUT2D eigenvalue weighted by Gasteiger charge is -2.10. The molecule has 2 aromatic rings. The number of halogens is 1. The van der Waals surface area contributed by atoms with Crippen LogP contribution in [-0.4, -0.2) is 10.6 Å². The average molecular weight is 320 g/mol. The van der Waals surface area contributed by atoms with E-state index in [0.717, 1.165) is 12.0 Å². The molecule has 0 saturated carbocycles. The summed E-state index contributed by atoms with van der Waals surface area (Å²) in [6.07, 6.45) is 2.50. The van der Waals surface area contributed by atoms with E-state index in [4.69, 9.17) is 11.6 Å². The Labute approximate surface area is 133 Å². The van der Waals surface area contributed by atoms with Crippen molar-refractivity contribution in [2.24, 2.45) is 0 Å². The van der Waals surface area contributed by atoms with Crippen molar-refractivity contribution in [1.29, 1.82) is 0 Å². The molecule has 1 aromatic heterocycles. The van der Waals surface area contributed by atoms with Gasteiger partial charge in [0, 0.05) is 30.4 Å². The highest BCUT2D eigenvalue weighted by Gasteiger charge is 2.03. The van der Waals surface area contributed by atoms with Crippen LogP contribution >= 0.6 is 11.6 Å². The first-order valence-corrected chi connectivity index (χ1v) is 7.46. The fourth-order valence-electron chi connectivity index (χ4n) is 1.98. The minimum Gasteiger partial charge on any atom is -0.334 e. The van der Waals surface area contributed by atoms with Crippen LogP contribution in [0.1, 0.15) is 18.9 Å². The molecule has 0 spiro atoms. The monoisotopic (exact) mass is 319 g/mol. The zero-order chi connectivity index (χ0) is 15.9. The Bertz CT molecular complexity index is 695. The summed E-state index contributed by atoms with van der Waals surface area (Å²) in [6, 6.07) is 9.97. The molecule has 1 aromatic carbocycles. The lowest BCUT2D eigenvalue weighted by molar-refractivity contribution is 0.251. The Balaban J connectivity index is 1.93. The van der Waals surface area contributed by atoms with E-state index in [9.17, 15) is 9.59 Å². The zero-order valence-corrected chi connectivity index (χ0v) is 13.1. The van der Waals surface area contributed by atoms with Crippen LogP contribution in [0.4, 0.5) is 10.5 Å². The highest BCUT2D eigenvalue weighted by Crippen LogP contribution is 2.09. The first-order valence-electron chi connectivity index (χ1n) is 7.08. The SMILES string of the molecule is CCCn1cc(NC(=O)NCc2ccc(Cl)cc2)ccc1=O. The van der Waals surface area contributed by atoms with Gasteiger partial charge in [0.15, 0.2) is 0 Å². The smallest absolute Gasteiger partial charge is 0.319 e. The standard InChI is InChI=1S/C16H18ClN3O2/c1-2-9-20-11-14(7-8-15(20)21)19-16(22)18-10-12-3-5-13(17)6-4-12/h3-8,11H,2,9-10H2,1H3,(H2,18,19,22). The second-order valence-electron chi connectivity index (χ2n) is 4.88. The number of aromatic nitrogens is 1. The number of hydrogen-bond acceptors (Lipinski definition) is 2. The van der Waals surface area contributed by atoms with Crippen molar-refractivity contribution in [3.63, 3.8) is 0 Å². The van der Waals surface area contributed by atoms with E-state index < -0.39 is 0 Å². The van der Waals surface area contributed by atoms with Crippen molar-refractivity contribution in [2.45, 2.75) is 26.4 Å². The molecule has 0 aliphatic carbocycles. The highest BCUT2D eigenvalue weighted by atomic mass is 35.5. The van der Waals surface area contributed by atoms with Crippen molar-refractivity contribution < 1.29 is 4.79 Å². The third-order valence-electron chi connectivity index (χ3n) is 3.07. The molecule has 2 N–H and O–H groups in total. The highest BCUT2D eigenvalue weighted by molar-refractivity contribution is 6.30. The van der Waals surface area contributed by atoms with Gasteiger partial charge in [-0.3, -0.25) is 4.79 Å². The van der Waals surface area contributed by atoms with Crippen LogP contribution < -0.4 is 16.2 Å². The fraction of sp³-hybridized carbons (Fsp3) is 0.250. The molecule has 0 fully saturated rings. The molecule has 1 heterocycles. The summed E-state index contributed by atoms with van der Waals surface area (Å²) in [5.41, 5.74) is 1.46. The molecule has 0 aliphatic rings. The molecule has 6 heteroatoms. The number of nitrogens with zero attached hydrogens (tertiary/aromatic N) is 1. The third-order valence-corrected chi connectivity index (χ3v) is 3.32. The van der Waals surface area contributed by atoms with Crippen molar-refractivity contribution in [3.8, 4) is 0 Å². The summed E-state index contributed by atoms with van der Waals surface area (Å²) in [5.74, 6) is 0. The summed E-state index contributed by atoms with van der Waals surface area (Å²) in [6.45, 7) is 3.02. The van der Waals surface area contributed by atoms with Gasteiger partial charge in [0.2, 0.25) is 0 Å². The molecule has 2 rings (SSSR count). The second kappa shape index (κ2) is 7.66. The van der Waals surface area contributed by atoms with Gasteiger partial charge in [-0.1, -0.05) is 30.7 Å². The number of pyridine rings is 1. The van der Waals surface area contributed by atoms with Gasteiger partial charge >= 0.3 is 6.03 Å². The second-order valence-corrected chi connectivity index (χ2v) is 5.32. The van der Waals surface area contributed by atoms with Crippen molar-refractivity contribution in [1.82, 2.24) is 9.88 Å². The molecule has 0 radical (unpaired) electrons. The third kappa shape index (κ3) is 4.63. The van der Waals surface area contributed by atoms with Gasteiger partial charge in [-0.05, 0) is 30.2 Å². The van der Waals surface area contributed by atoms with E-state index in [2.05, 4.69) is 10.6 Å². The summed E-state index contributed by atoms with van der Waals surface area (Å²) < 4.78 is 1.58. The van der Waals surface area contributed by atoms with E-state index in [1.165, 1.54) is 6.07 Å². The topological polar surface area (TPSA) is 63.1 Å². The predicted molar refractivity (Wildman–Crippen MR) is 88.3 cm³/mol. The molecule has 0 saturated heterocycles. The maximum absolute atomic E-state index is 11.9. The quantitative estimate of drug-likeness (QED) is 0.888. The number of amides is 2. The van der Waals surface area contributed by atoms with E-state index >= 15 is 0 Å². The van der Waals surface area contributed by atoms with Crippen LogP contribution in [0.3, 0.4) is 0 Å². The summed E-state index contributed by atoms with van der Waals surface area (Å²) >= 11 is 5.81. The van der Waals surface area contributed by atoms with Gasteiger partial charge in [0.05, 0.1) is 5.69 Å². The number of urea groups is 1. The molecule has 0 unspecified atom stereocenters. The normalized spacial score (nSPS) is 10.3. The zero-order valence-electron chi connectivity index (χ0n) is 12.3. The number of benzene rings is 1. The summed E-state index contributed by atoms with van der Waals surface area (Å²) in [4.78, 5) is 23.5. The van der Waals surface area contributed by atoms with Crippen molar-refractivity contribution >= 4 is 23.3 Å². The molecule has 22 heavy (non-hydrogen) atoms. The average Bonchev–Trinajstić information content (AvgIpc) is 2.50. The van der Waals surface area contributed by atoms with Crippen molar-refractivity contribution in [2.75, 3.05) is 5.32 Å². The fourth-order valence-corrected chi connectivity index (χ4v) is 2.11. The first-order chi connectivity index (χ1) is 10.6. The molecular formula is C16H18ClN3O2.